The van der Waals surface area contributed by atoms with E-state index in [1.54, 1.807) is 6.07 Å². The van der Waals surface area contributed by atoms with Gasteiger partial charge in [-0.3, -0.25) is 9.69 Å². The molecule has 0 unspecified atom stereocenters. The maximum Gasteiger partial charge on any atom is 0.248 e. The third-order valence-electron chi connectivity index (χ3n) is 6.72. The van der Waals surface area contributed by atoms with Crippen LogP contribution < -0.4 is 0 Å². The predicted molar refractivity (Wildman–Crippen MR) is 115 cm³/mol. The molecule has 0 aromatic heterocycles. The van der Waals surface area contributed by atoms with Gasteiger partial charge in [-0.1, -0.05) is 48.5 Å². The highest BCUT2D eigenvalue weighted by Gasteiger charge is 2.52. The van der Waals surface area contributed by atoms with Crippen LogP contribution in [0.25, 0.3) is 0 Å². The van der Waals surface area contributed by atoms with E-state index < -0.39 is 0 Å². The van der Waals surface area contributed by atoms with E-state index in [4.69, 9.17) is 4.74 Å². The molecular formula is C25H31FN2O2. The van der Waals surface area contributed by atoms with E-state index >= 15 is 0 Å². The number of aryl methyl sites for hydroxylation is 1. The van der Waals surface area contributed by atoms with Gasteiger partial charge in [0.25, 0.3) is 0 Å². The summed E-state index contributed by atoms with van der Waals surface area (Å²) >= 11 is 0. The summed E-state index contributed by atoms with van der Waals surface area (Å²) in [5.74, 6) is 0.367. The molecule has 0 N–H and O–H groups in total. The second-order valence-electron chi connectivity index (χ2n) is 8.72. The van der Waals surface area contributed by atoms with Gasteiger partial charge in [0, 0.05) is 50.3 Å². The molecule has 2 aliphatic rings. The molecule has 2 atom stereocenters. The average Bonchev–Trinajstić information content (AvgIpc) is 3.27. The van der Waals surface area contributed by atoms with Crippen molar-refractivity contribution in [2.24, 2.45) is 11.3 Å². The Morgan fingerprint density at radius 3 is 2.63 bits per heavy atom. The van der Waals surface area contributed by atoms with E-state index in [1.807, 2.05) is 30.0 Å². The minimum absolute atomic E-state index is 0.0585. The number of nitrogens with zero attached hydrogens (tertiary/aromatic N) is 2. The van der Waals surface area contributed by atoms with Crippen molar-refractivity contribution in [2.45, 2.75) is 26.3 Å². The first-order valence-electron chi connectivity index (χ1n) is 10.9. The lowest BCUT2D eigenvalue weighted by Crippen LogP contribution is -2.38. The number of rotatable bonds is 8. The van der Waals surface area contributed by atoms with Crippen molar-refractivity contribution in [3.8, 4) is 0 Å². The third-order valence-corrected chi connectivity index (χ3v) is 6.72. The van der Waals surface area contributed by atoms with Crippen molar-refractivity contribution < 1.29 is 13.9 Å². The van der Waals surface area contributed by atoms with Crippen molar-refractivity contribution in [1.82, 2.24) is 9.80 Å². The summed E-state index contributed by atoms with van der Waals surface area (Å²) in [6, 6.07) is 17.6. The first kappa shape index (κ1) is 21.0. The number of carbonyl (C=O) groups excluding carboxylic acids is 1. The number of likely N-dealkylation sites (tertiary alicyclic amines) is 2. The number of ether oxygens (including phenoxy) is 1. The summed E-state index contributed by atoms with van der Waals surface area (Å²) < 4.78 is 19.6. The molecule has 2 aliphatic heterocycles. The molecule has 5 heteroatoms. The predicted octanol–water partition coefficient (Wildman–Crippen LogP) is 3.76. The van der Waals surface area contributed by atoms with Crippen LogP contribution in [0.5, 0.6) is 0 Å². The van der Waals surface area contributed by atoms with Crippen molar-refractivity contribution in [3.63, 3.8) is 0 Å². The van der Waals surface area contributed by atoms with Gasteiger partial charge >= 0.3 is 0 Å². The standard InChI is InChI=1S/C25H31FN2O2/c1-2-30-17-24(29)28-16-22-15-27(14-21-10-6-7-11-23(21)26)18-25(22,19-28)13-12-20-8-4-3-5-9-20/h3-11,22H,2,12-19H2,1H3/t22-,25+/m0/s1. The van der Waals surface area contributed by atoms with E-state index in [0.29, 0.717) is 19.1 Å². The lowest BCUT2D eigenvalue weighted by atomic mass is 9.76. The van der Waals surface area contributed by atoms with Crippen LogP contribution >= 0.6 is 0 Å². The Hall–Kier alpha value is -2.24. The molecule has 4 nitrogen and oxygen atoms in total. The van der Waals surface area contributed by atoms with Crippen LogP contribution in [0.3, 0.4) is 0 Å². The first-order chi connectivity index (χ1) is 14.6. The molecule has 0 bridgehead atoms. The van der Waals surface area contributed by atoms with Crippen molar-refractivity contribution in [1.29, 1.82) is 0 Å². The topological polar surface area (TPSA) is 32.8 Å². The van der Waals surface area contributed by atoms with Crippen molar-refractivity contribution >= 4 is 5.91 Å². The van der Waals surface area contributed by atoms with Gasteiger partial charge in [0.1, 0.15) is 12.4 Å². The Morgan fingerprint density at radius 1 is 1.10 bits per heavy atom. The Balaban J connectivity index is 1.48. The fourth-order valence-corrected chi connectivity index (χ4v) is 5.14. The highest BCUT2D eigenvalue weighted by Crippen LogP contribution is 2.46. The number of benzene rings is 2. The highest BCUT2D eigenvalue weighted by atomic mass is 19.1. The Morgan fingerprint density at radius 2 is 1.87 bits per heavy atom. The summed E-state index contributed by atoms with van der Waals surface area (Å²) in [6.45, 7) is 6.60. The molecule has 30 heavy (non-hydrogen) atoms. The van der Waals surface area contributed by atoms with Gasteiger partial charge < -0.3 is 9.64 Å². The molecule has 2 aromatic rings. The van der Waals surface area contributed by atoms with Gasteiger partial charge in [0.15, 0.2) is 0 Å². The van der Waals surface area contributed by atoms with Crippen LogP contribution in [0.2, 0.25) is 0 Å². The van der Waals surface area contributed by atoms with Gasteiger partial charge in [-0.15, -0.1) is 0 Å². The molecule has 160 valence electrons. The Labute approximate surface area is 178 Å². The maximum absolute atomic E-state index is 14.2. The SMILES string of the molecule is CCOCC(=O)N1C[C@@H]2CN(Cc3ccccc3F)C[C@]2(CCc2ccccc2)C1. The quantitative estimate of drug-likeness (QED) is 0.664. The van der Waals surface area contributed by atoms with E-state index in [-0.39, 0.29) is 23.7 Å². The molecule has 0 spiro atoms. The summed E-state index contributed by atoms with van der Waals surface area (Å²) in [6.07, 6.45) is 2.03. The average molecular weight is 411 g/mol. The fraction of sp³-hybridized carbons (Fsp3) is 0.480. The van der Waals surface area contributed by atoms with Gasteiger partial charge in [0.2, 0.25) is 5.91 Å². The number of hydrogen-bond donors (Lipinski definition) is 0. The van der Waals surface area contributed by atoms with E-state index in [9.17, 15) is 9.18 Å². The number of halogens is 1. The zero-order chi connectivity index (χ0) is 21.0. The van der Waals surface area contributed by atoms with Crippen molar-refractivity contribution in [3.05, 3.63) is 71.5 Å². The summed E-state index contributed by atoms with van der Waals surface area (Å²) in [5.41, 5.74) is 2.14. The van der Waals surface area contributed by atoms with Gasteiger partial charge in [-0.05, 0) is 37.3 Å². The second-order valence-corrected chi connectivity index (χ2v) is 8.72. The van der Waals surface area contributed by atoms with Gasteiger partial charge in [-0.25, -0.2) is 4.39 Å². The number of amides is 1. The molecule has 1 amide bonds. The largest absolute Gasteiger partial charge is 0.372 e. The molecule has 0 radical (unpaired) electrons. The zero-order valence-corrected chi connectivity index (χ0v) is 17.7. The van der Waals surface area contributed by atoms with Crippen molar-refractivity contribution in [2.75, 3.05) is 39.4 Å². The number of fused-ring (bicyclic) bond motifs is 1. The molecule has 2 fully saturated rings. The fourth-order valence-electron chi connectivity index (χ4n) is 5.14. The Kier molecular flexibility index (Phi) is 6.49. The summed E-state index contributed by atoms with van der Waals surface area (Å²) in [5, 5.41) is 0. The second kappa shape index (κ2) is 9.27. The smallest absolute Gasteiger partial charge is 0.248 e. The molecule has 0 aliphatic carbocycles. The van der Waals surface area contributed by atoms with E-state index in [1.165, 1.54) is 11.6 Å². The lowest BCUT2D eigenvalue weighted by Gasteiger charge is -2.30. The van der Waals surface area contributed by atoms with E-state index in [0.717, 1.165) is 44.6 Å². The zero-order valence-electron chi connectivity index (χ0n) is 17.7. The summed E-state index contributed by atoms with van der Waals surface area (Å²) in [7, 11) is 0. The van der Waals surface area contributed by atoms with Gasteiger partial charge in [-0.2, -0.15) is 0 Å². The molecule has 0 saturated carbocycles. The number of hydrogen-bond acceptors (Lipinski definition) is 3. The van der Waals surface area contributed by atoms with Crippen LogP contribution in [0.1, 0.15) is 24.5 Å². The van der Waals surface area contributed by atoms with Gasteiger partial charge in [0.05, 0.1) is 0 Å². The third kappa shape index (κ3) is 4.57. The lowest BCUT2D eigenvalue weighted by molar-refractivity contribution is -0.135. The van der Waals surface area contributed by atoms with Crippen LogP contribution in [0.4, 0.5) is 4.39 Å². The van der Waals surface area contributed by atoms with Crippen LogP contribution in [0.15, 0.2) is 54.6 Å². The molecule has 2 heterocycles. The minimum Gasteiger partial charge on any atom is -0.372 e. The normalized spacial score (nSPS) is 23.7. The minimum atomic E-state index is -0.138. The van der Waals surface area contributed by atoms with E-state index in [2.05, 4.69) is 29.2 Å². The molecule has 4 rings (SSSR count). The molecular weight excluding hydrogens is 379 g/mol. The van der Waals surface area contributed by atoms with Crippen LogP contribution in [0, 0.1) is 17.2 Å². The van der Waals surface area contributed by atoms with Crippen LogP contribution in [-0.2, 0) is 22.5 Å². The Bertz CT molecular complexity index is 859. The number of carbonyl (C=O) groups is 1. The first-order valence-corrected chi connectivity index (χ1v) is 10.9. The summed E-state index contributed by atoms with van der Waals surface area (Å²) in [4.78, 5) is 17.0. The van der Waals surface area contributed by atoms with Crippen LogP contribution in [-0.4, -0.2) is 55.1 Å². The monoisotopic (exact) mass is 410 g/mol. The molecule has 2 saturated heterocycles. The maximum atomic E-state index is 14.2. The molecule has 2 aromatic carbocycles. The highest BCUT2D eigenvalue weighted by molar-refractivity contribution is 5.78.